The van der Waals surface area contributed by atoms with Gasteiger partial charge >= 0.3 is 0 Å². The third-order valence-electron chi connectivity index (χ3n) is 4.44. The molecule has 3 aromatic rings. The van der Waals surface area contributed by atoms with E-state index in [0.29, 0.717) is 5.92 Å². The summed E-state index contributed by atoms with van der Waals surface area (Å²) >= 11 is 0. The lowest BCUT2D eigenvalue weighted by Crippen LogP contribution is -2.04. The summed E-state index contributed by atoms with van der Waals surface area (Å²) < 4.78 is 0. The predicted octanol–water partition coefficient (Wildman–Crippen LogP) is 5.74. The lowest BCUT2D eigenvalue weighted by Gasteiger charge is -2.19. The predicted molar refractivity (Wildman–Crippen MR) is 94.4 cm³/mol. The van der Waals surface area contributed by atoms with Gasteiger partial charge in [0.05, 0.1) is 0 Å². The van der Waals surface area contributed by atoms with E-state index in [4.69, 9.17) is 0 Å². The van der Waals surface area contributed by atoms with Crippen molar-refractivity contribution in [2.24, 2.45) is 0 Å². The first-order chi connectivity index (χ1) is 10.8. The smallest absolute Gasteiger partial charge is 0.00639 e. The highest BCUT2D eigenvalue weighted by molar-refractivity contribution is 5.43. The molecule has 0 aliphatic heterocycles. The summed E-state index contributed by atoms with van der Waals surface area (Å²) in [6.07, 6.45) is 1.00. The summed E-state index contributed by atoms with van der Waals surface area (Å²) in [6, 6.07) is 28.2. The molecule has 0 amide bonds. The molecule has 0 saturated carbocycles. The van der Waals surface area contributed by atoms with Gasteiger partial charge in [0.2, 0.25) is 0 Å². The molecule has 0 nitrogen and oxygen atoms in total. The van der Waals surface area contributed by atoms with E-state index >= 15 is 0 Å². The Hall–Kier alpha value is -2.34. The maximum absolute atomic E-state index is 2.30. The average Bonchev–Trinajstić information content (AvgIpc) is 2.58. The zero-order valence-electron chi connectivity index (χ0n) is 13.3. The van der Waals surface area contributed by atoms with E-state index < -0.39 is 0 Å². The summed E-state index contributed by atoms with van der Waals surface area (Å²) in [5, 5.41) is 0. The molecule has 0 aromatic heterocycles. The molecule has 3 rings (SSSR count). The Morgan fingerprint density at radius 2 is 1.36 bits per heavy atom. The molecular weight excluding hydrogens is 264 g/mol. The van der Waals surface area contributed by atoms with Crippen LogP contribution in [-0.2, 0) is 6.42 Å². The summed E-state index contributed by atoms with van der Waals surface area (Å²) in [4.78, 5) is 0. The Morgan fingerprint density at radius 3 is 2.05 bits per heavy atom. The summed E-state index contributed by atoms with van der Waals surface area (Å²) in [6.45, 7) is 4.53. The van der Waals surface area contributed by atoms with E-state index in [1.54, 1.807) is 0 Å². The van der Waals surface area contributed by atoms with Crippen molar-refractivity contribution in [3.8, 4) is 0 Å². The van der Waals surface area contributed by atoms with Gasteiger partial charge in [-0.05, 0) is 41.2 Å². The Bertz CT molecular complexity index is 727. The number of hydrogen-bond donors (Lipinski definition) is 0. The van der Waals surface area contributed by atoms with Crippen molar-refractivity contribution in [3.63, 3.8) is 0 Å². The van der Waals surface area contributed by atoms with Crippen molar-refractivity contribution in [1.29, 1.82) is 0 Å². The molecule has 0 fully saturated rings. The van der Waals surface area contributed by atoms with Crippen LogP contribution in [0.2, 0.25) is 0 Å². The van der Waals surface area contributed by atoms with Gasteiger partial charge in [-0.15, -0.1) is 0 Å². The van der Waals surface area contributed by atoms with Gasteiger partial charge in [-0.1, -0.05) is 85.8 Å². The molecule has 1 unspecified atom stereocenters. The van der Waals surface area contributed by atoms with E-state index in [1.165, 1.54) is 27.8 Å². The lowest BCUT2D eigenvalue weighted by atomic mass is 9.85. The lowest BCUT2D eigenvalue weighted by molar-refractivity contribution is 0.893. The first kappa shape index (κ1) is 14.6. The van der Waals surface area contributed by atoms with Crippen LogP contribution in [0.3, 0.4) is 0 Å². The van der Waals surface area contributed by atoms with E-state index in [0.717, 1.165) is 6.42 Å². The molecule has 0 spiro atoms. The summed E-state index contributed by atoms with van der Waals surface area (Å²) in [7, 11) is 0. The second kappa shape index (κ2) is 6.62. The Balaban J connectivity index is 2.00. The fourth-order valence-corrected chi connectivity index (χ4v) is 3.09. The van der Waals surface area contributed by atoms with Crippen LogP contribution in [0.25, 0.3) is 0 Å². The fourth-order valence-electron chi connectivity index (χ4n) is 3.09. The molecule has 0 radical (unpaired) electrons. The molecule has 0 saturated heterocycles. The zero-order valence-corrected chi connectivity index (χ0v) is 13.3. The highest BCUT2D eigenvalue weighted by atomic mass is 14.2. The molecule has 0 aliphatic rings. The number of aryl methyl sites for hydroxylation is 1. The van der Waals surface area contributed by atoms with E-state index in [2.05, 4.69) is 92.7 Å². The third kappa shape index (κ3) is 3.12. The van der Waals surface area contributed by atoms with E-state index in [-0.39, 0.29) is 0 Å². The highest BCUT2D eigenvalue weighted by Crippen LogP contribution is 2.30. The number of hydrogen-bond acceptors (Lipinski definition) is 0. The van der Waals surface area contributed by atoms with Gasteiger partial charge in [0, 0.05) is 5.92 Å². The van der Waals surface area contributed by atoms with Crippen molar-refractivity contribution in [3.05, 3.63) is 107 Å². The van der Waals surface area contributed by atoms with Gasteiger partial charge in [0.1, 0.15) is 0 Å². The van der Waals surface area contributed by atoms with Gasteiger partial charge in [0.25, 0.3) is 0 Å². The first-order valence-corrected chi connectivity index (χ1v) is 7.93. The van der Waals surface area contributed by atoms with Crippen molar-refractivity contribution in [2.45, 2.75) is 26.2 Å². The van der Waals surface area contributed by atoms with Gasteiger partial charge < -0.3 is 0 Å². The monoisotopic (exact) mass is 286 g/mol. The normalized spacial score (nSPS) is 12.1. The molecule has 0 heterocycles. The standard InChI is InChI=1S/C22H22/c1-17-10-9-15-21(18(2)20-13-7-4-8-14-20)22(17)16-19-11-5-3-6-12-19/h3-15,18H,16H2,1-2H3. The minimum atomic E-state index is 0.416. The van der Waals surface area contributed by atoms with E-state index in [9.17, 15) is 0 Å². The van der Waals surface area contributed by atoms with Crippen molar-refractivity contribution in [1.82, 2.24) is 0 Å². The van der Waals surface area contributed by atoms with Crippen LogP contribution in [0.15, 0.2) is 78.9 Å². The molecular formula is C22H22. The van der Waals surface area contributed by atoms with E-state index in [1.807, 2.05) is 0 Å². The van der Waals surface area contributed by atoms with Crippen molar-refractivity contribution in [2.75, 3.05) is 0 Å². The average molecular weight is 286 g/mol. The molecule has 0 aliphatic carbocycles. The molecule has 0 N–H and O–H groups in total. The van der Waals surface area contributed by atoms with Gasteiger partial charge in [-0.3, -0.25) is 0 Å². The molecule has 22 heavy (non-hydrogen) atoms. The number of benzene rings is 3. The second-order valence-corrected chi connectivity index (χ2v) is 5.94. The molecule has 3 aromatic carbocycles. The largest absolute Gasteiger partial charge is 0.0622 e. The Labute approximate surface area is 133 Å². The third-order valence-corrected chi connectivity index (χ3v) is 4.44. The Morgan fingerprint density at radius 1 is 0.727 bits per heavy atom. The SMILES string of the molecule is Cc1cccc(C(C)c2ccccc2)c1Cc1ccccc1. The van der Waals surface area contributed by atoms with Crippen LogP contribution in [0.4, 0.5) is 0 Å². The quantitative estimate of drug-likeness (QED) is 0.574. The van der Waals surface area contributed by atoms with Crippen LogP contribution in [-0.4, -0.2) is 0 Å². The first-order valence-electron chi connectivity index (χ1n) is 7.93. The van der Waals surface area contributed by atoms with Crippen LogP contribution in [0.5, 0.6) is 0 Å². The molecule has 0 heteroatoms. The summed E-state index contributed by atoms with van der Waals surface area (Å²) in [5.74, 6) is 0.416. The van der Waals surface area contributed by atoms with Crippen LogP contribution >= 0.6 is 0 Å². The minimum Gasteiger partial charge on any atom is -0.0622 e. The Kier molecular flexibility index (Phi) is 4.39. The van der Waals surface area contributed by atoms with Gasteiger partial charge in [0.15, 0.2) is 0 Å². The van der Waals surface area contributed by atoms with Gasteiger partial charge in [-0.2, -0.15) is 0 Å². The topological polar surface area (TPSA) is 0 Å². The van der Waals surface area contributed by atoms with Crippen LogP contribution < -0.4 is 0 Å². The maximum atomic E-state index is 2.30. The van der Waals surface area contributed by atoms with Crippen LogP contribution in [0.1, 0.15) is 40.7 Å². The molecule has 110 valence electrons. The fraction of sp³-hybridized carbons (Fsp3) is 0.182. The number of rotatable bonds is 4. The molecule has 1 atom stereocenters. The molecule has 0 bridgehead atoms. The highest BCUT2D eigenvalue weighted by Gasteiger charge is 2.14. The van der Waals surface area contributed by atoms with Gasteiger partial charge in [-0.25, -0.2) is 0 Å². The maximum Gasteiger partial charge on any atom is 0.00639 e. The van der Waals surface area contributed by atoms with Crippen molar-refractivity contribution >= 4 is 0 Å². The summed E-state index contributed by atoms with van der Waals surface area (Å²) in [5.41, 5.74) is 7.03. The van der Waals surface area contributed by atoms with Crippen molar-refractivity contribution < 1.29 is 0 Å². The minimum absolute atomic E-state index is 0.416. The van der Waals surface area contributed by atoms with Crippen LogP contribution in [0, 0.1) is 6.92 Å². The zero-order chi connectivity index (χ0) is 15.4. The second-order valence-electron chi connectivity index (χ2n) is 5.94.